The van der Waals surface area contributed by atoms with Gasteiger partial charge >= 0.3 is 0 Å². The third-order valence-electron chi connectivity index (χ3n) is 3.41. The molecule has 0 aromatic heterocycles. The van der Waals surface area contributed by atoms with E-state index in [9.17, 15) is 4.79 Å². The summed E-state index contributed by atoms with van der Waals surface area (Å²) >= 11 is 6.88. The Morgan fingerprint density at radius 3 is 2.64 bits per heavy atom. The summed E-state index contributed by atoms with van der Waals surface area (Å²) in [4.78, 5) is 12.2. The lowest BCUT2D eigenvalue weighted by Crippen LogP contribution is -2.08. The lowest BCUT2D eigenvalue weighted by Gasteiger charge is -2.12. The Kier molecular flexibility index (Phi) is 7.08. The molecule has 0 heterocycles. The van der Waals surface area contributed by atoms with E-state index >= 15 is 0 Å². The normalized spacial score (nSPS) is 10.8. The molecule has 0 saturated carbocycles. The standard InChI is InChI=1S/C19H19Br2NO3/c1-4-25-19-15(21)10-13(11-17(19)24-3)5-8-18(23)22-16-7-6-14(20)9-12(16)2/h5-11H,4H2,1-3H3,(H,22,23)/b8-5+. The van der Waals surface area contributed by atoms with Crippen molar-refractivity contribution in [3.63, 3.8) is 0 Å². The zero-order chi connectivity index (χ0) is 18.4. The van der Waals surface area contributed by atoms with Crippen LogP contribution in [0.4, 0.5) is 5.69 Å². The minimum atomic E-state index is -0.200. The van der Waals surface area contributed by atoms with Crippen molar-refractivity contribution in [1.29, 1.82) is 0 Å². The first-order valence-corrected chi connectivity index (χ1v) is 9.28. The number of ether oxygens (including phenoxy) is 2. The van der Waals surface area contributed by atoms with Crippen molar-refractivity contribution in [2.45, 2.75) is 13.8 Å². The van der Waals surface area contributed by atoms with Crippen molar-refractivity contribution < 1.29 is 14.3 Å². The van der Waals surface area contributed by atoms with E-state index in [0.29, 0.717) is 18.1 Å². The van der Waals surface area contributed by atoms with E-state index in [-0.39, 0.29) is 5.91 Å². The lowest BCUT2D eigenvalue weighted by molar-refractivity contribution is -0.111. The van der Waals surface area contributed by atoms with E-state index in [4.69, 9.17) is 9.47 Å². The average molecular weight is 469 g/mol. The highest BCUT2D eigenvalue weighted by molar-refractivity contribution is 9.10. The van der Waals surface area contributed by atoms with Crippen LogP contribution >= 0.6 is 31.9 Å². The number of benzene rings is 2. The lowest BCUT2D eigenvalue weighted by atomic mass is 10.1. The first kappa shape index (κ1) is 19.5. The van der Waals surface area contributed by atoms with Gasteiger partial charge in [-0.2, -0.15) is 0 Å². The number of carbonyl (C=O) groups is 1. The van der Waals surface area contributed by atoms with Crippen LogP contribution in [0.2, 0.25) is 0 Å². The van der Waals surface area contributed by atoms with Gasteiger partial charge in [0.2, 0.25) is 5.91 Å². The highest BCUT2D eigenvalue weighted by Gasteiger charge is 2.10. The largest absolute Gasteiger partial charge is 0.493 e. The van der Waals surface area contributed by atoms with E-state index in [1.54, 1.807) is 13.2 Å². The molecule has 0 aliphatic carbocycles. The van der Waals surface area contributed by atoms with Crippen molar-refractivity contribution in [2.24, 2.45) is 0 Å². The van der Waals surface area contributed by atoms with Gasteiger partial charge in [-0.15, -0.1) is 0 Å². The summed E-state index contributed by atoms with van der Waals surface area (Å²) in [6, 6.07) is 9.41. The number of methoxy groups -OCH3 is 1. The Morgan fingerprint density at radius 2 is 2.00 bits per heavy atom. The fraction of sp³-hybridized carbons (Fsp3) is 0.211. The molecule has 0 saturated heterocycles. The Labute approximate surface area is 164 Å². The molecule has 0 atom stereocenters. The predicted octanol–water partition coefficient (Wildman–Crippen LogP) is 5.58. The quantitative estimate of drug-likeness (QED) is 0.563. The average Bonchev–Trinajstić information content (AvgIpc) is 2.57. The Balaban J connectivity index is 2.15. The Morgan fingerprint density at radius 1 is 1.24 bits per heavy atom. The molecule has 1 N–H and O–H groups in total. The van der Waals surface area contributed by atoms with Gasteiger partial charge in [0.05, 0.1) is 18.2 Å². The molecule has 2 aromatic carbocycles. The zero-order valence-electron chi connectivity index (χ0n) is 14.2. The molecule has 0 aliphatic rings. The molecule has 2 rings (SSSR count). The van der Waals surface area contributed by atoms with E-state index < -0.39 is 0 Å². The van der Waals surface area contributed by atoms with Crippen LogP contribution in [0.25, 0.3) is 6.08 Å². The maximum absolute atomic E-state index is 12.2. The van der Waals surface area contributed by atoms with Crippen LogP contribution in [-0.4, -0.2) is 19.6 Å². The van der Waals surface area contributed by atoms with Gasteiger partial charge in [-0.25, -0.2) is 0 Å². The van der Waals surface area contributed by atoms with Gasteiger partial charge in [0.1, 0.15) is 0 Å². The third kappa shape index (κ3) is 5.34. The summed E-state index contributed by atoms with van der Waals surface area (Å²) < 4.78 is 12.7. The highest BCUT2D eigenvalue weighted by atomic mass is 79.9. The Bertz CT molecular complexity index is 803. The minimum Gasteiger partial charge on any atom is -0.493 e. The van der Waals surface area contributed by atoms with Crippen LogP contribution in [0, 0.1) is 6.92 Å². The second kappa shape index (κ2) is 9.06. The number of nitrogens with one attached hydrogen (secondary N) is 1. The van der Waals surface area contributed by atoms with E-state index in [1.807, 2.05) is 44.2 Å². The number of amides is 1. The van der Waals surface area contributed by atoms with Gasteiger partial charge in [-0.1, -0.05) is 15.9 Å². The Hall–Kier alpha value is -1.79. The summed E-state index contributed by atoms with van der Waals surface area (Å²) in [6.45, 7) is 4.39. The molecular formula is C19H19Br2NO3. The third-order valence-corrected chi connectivity index (χ3v) is 4.50. The fourth-order valence-electron chi connectivity index (χ4n) is 2.23. The molecule has 0 aliphatic heterocycles. The van der Waals surface area contributed by atoms with Crippen LogP contribution in [0.15, 0.2) is 45.4 Å². The molecule has 132 valence electrons. The SMILES string of the molecule is CCOc1c(Br)cc(/C=C/C(=O)Nc2ccc(Br)cc2C)cc1OC. The van der Waals surface area contributed by atoms with Crippen molar-refractivity contribution in [2.75, 3.05) is 19.0 Å². The number of aryl methyl sites for hydroxylation is 1. The van der Waals surface area contributed by atoms with Crippen LogP contribution in [0.3, 0.4) is 0 Å². The van der Waals surface area contributed by atoms with Crippen LogP contribution < -0.4 is 14.8 Å². The fourth-order valence-corrected chi connectivity index (χ4v) is 3.28. The van der Waals surface area contributed by atoms with Crippen LogP contribution in [0.5, 0.6) is 11.5 Å². The predicted molar refractivity (Wildman–Crippen MR) is 108 cm³/mol. The molecule has 1 amide bonds. The maximum Gasteiger partial charge on any atom is 0.248 e. The molecule has 0 spiro atoms. The number of halogens is 2. The summed E-state index contributed by atoms with van der Waals surface area (Å²) in [5, 5.41) is 2.87. The molecule has 0 bridgehead atoms. The van der Waals surface area contributed by atoms with Gasteiger partial charge in [-0.3, -0.25) is 4.79 Å². The minimum absolute atomic E-state index is 0.200. The summed E-state index contributed by atoms with van der Waals surface area (Å²) in [6.07, 6.45) is 3.22. The summed E-state index contributed by atoms with van der Waals surface area (Å²) in [5.74, 6) is 1.06. The molecule has 2 aromatic rings. The second-order valence-corrected chi connectivity index (χ2v) is 7.02. The van der Waals surface area contributed by atoms with Crippen LogP contribution in [0.1, 0.15) is 18.1 Å². The first-order valence-electron chi connectivity index (χ1n) is 7.70. The monoisotopic (exact) mass is 467 g/mol. The van der Waals surface area contributed by atoms with Gasteiger partial charge in [0.15, 0.2) is 11.5 Å². The molecule has 0 unspecified atom stereocenters. The molecule has 0 fully saturated rings. The molecule has 25 heavy (non-hydrogen) atoms. The van der Waals surface area contributed by atoms with Gasteiger partial charge in [0, 0.05) is 16.2 Å². The van der Waals surface area contributed by atoms with Gasteiger partial charge in [-0.05, 0) is 77.3 Å². The topological polar surface area (TPSA) is 47.6 Å². The molecule has 0 radical (unpaired) electrons. The summed E-state index contributed by atoms with van der Waals surface area (Å²) in [7, 11) is 1.58. The van der Waals surface area contributed by atoms with E-state index in [0.717, 1.165) is 25.8 Å². The molecule has 4 nitrogen and oxygen atoms in total. The number of carbonyl (C=O) groups excluding carboxylic acids is 1. The summed E-state index contributed by atoms with van der Waals surface area (Å²) in [5.41, 5.74) is 2.60. The second-order valence-electron chi connectivity index (χ2n) is 5.25. The van der Waals surface area contributed by atoms with E-state index in [2.05, 4.69) is 37.2 Å². The zero-order valence-corrected chi connectivity index (χ0v) is 17.4. The van der Waals surface area contributed by atoms with E-state index in [1.165, 1.54) is 6.08 Å². The molecular weight excluding hydrogens is 450 g/mol. The smallest absolute Gasteiger partial charge is 0.248 e. The number of hydrogen-bond donors (Lipinski definition) is 1. The van der Waals surface area contributed by atoms with Crippen molar-refractivity contribution in [3.8, 4) is 11.5 Å². The number of rotatable bonds is 6. The van der Waals surface area contributed by atoms with Gasteiger partial charge in [0.25, 0.3) is 0 Å². The first-order chi connectivity index (χ1) is 11.9. The number of anilines is 1. The number of hydrogen-bond acceptors (Lipinski definition) is 3. The van der Waals surface area contributed by atoms with Crippen molar-refractivity contribution in [3.05, 3.63) is 56.5 Å². The van der Waals surface area contributed by atoms with Crippen molar-refractivity contribution in [1.82, 2.24) is 0 Å². The highest BCUT2D eigenvalue weighted by Crippen LogP contribution is 2.37. The maximum atomic E-state index is 12.2. The van der Waals surface area contributed by atoms with Crippen molar-refractivity contribution >= 4 is 49.5 Å². The van der Waals surface area contributed by atoms with Crippen LogP contribution in [-0.2, 0) is 4.79 Å². The molecule has 6 heteroatoms. The van der Waals surface area contributed by atoms with Gasteiger partial charge < -0.3 is 14.8 Å².